The fraction of sp³-hybridized carbons (Fsp3) is 0.111. The lowest BCUT2D eigenvalue weighted by atomic mass is 10.3. The number of oxazole rings is 1. The molecule has 0 amide bonds. The number of nitrogens with zero attached hydrogens (tertiary/aromatic N) is 2. The SMILES string of the molecule is N#CCc1nc2c(I)cccc2o1. The molecule has 1 aromatic carbocycles. The molecule has 0 saturated heterocycles. The van der Waals surface area contributed by atoms with E-state index in [0.717, 1.165) is 14.7 Å². The third-order valence-corrected chi connectivity index (χ3v) is 2.51. The minimum Gasteiger partial charge on any atom is -0.440 e. The van der Waals surface area contributed by atoms with Crippen molar-refractivity contribution < 1.29 is 4.42 Å². The van der Waals surface area contributed by atoms with E-state index in [4.69, 9.17) is 9.68 Å². The van der Waals surface area contributed by atoms with E-state index in [1.165, 1.54) is 0 Å². The highest BCUT2D eigenvalue weighted by atomic mass is 127. The molecular formula is C9H5IN2O. The third-order valence-electron chi connectivity index (χ3n) is 1.64. The van der Waals surface area contributed by atoms with Crippen molar-refractivity contribution in [1.29, 1.82) is 5.26 Å². The zero-order valence-corrected chi connectivity index (χ0v) is 8.78. The molecule has 0 saturated carbocycles. The molecule has 0 fully saturated rings. The van der Waals surface area contributed by atoms with Crippen LogP contribution in [0.5, 0.6) is 0 Å². The van der Waals surface area contributed by atoms with Crippen molar-refractivity contribution >= 4 is 33.7 Å². The van der Waals surface area contributed by atoms with E-state index >= 15 is 0 Å². The molecule has 4 heteroatoms. The molecule has 0 atom stereocenters. The Kier molecular flexibility index (Phi) is 2.19. The molecule has 2 rings (SSSR count). The fourth-order valence-electron chi connectivity index (χ4n) is 1.10. The van der Waals surface area contributed by atoms with Crippen LogP contribution in [0.15, 0.2) is 22.6 Å². The molecule has 0 bridgehead atoms. The predicted octanol–water partition coefficient (Wildman–Crippen LogP) is 2.50. The Hall–Kier alpha value is -1.09. The van der Waals surface area contributed by atoms with E-state index in [0.29, 0.717) is 5.89 Å². The standard InChI is InChI=1S/C9H5IN2O/c10-6-2-1-3-7-9(6)12-8(13-7)4-5-11/h1-3H,4H2. The van der Waals surface area contributed by atoms with Crippen LogP contribution in [-0.2, 0) is 6.42 Å². The number of hydrogen-bond acceptors (Lipinski definition) is 3. The quantitative estimate of drug-likeness (QED) is 0.756. The van der Waals surface area contributed by atoms with Crippen LogP contribution in [0.4, 0.5) is 0 Å². The third kappa shape index (κ3) is 1.52. The number of halogens is 1. The van der Waals surface area contributed by atoms with Gasteiger partial charge in [0.2, 0.25) is 5.89 Å². The average Bonchev–Trinajstić information content (AvgIpc) is 2.49. The number of nitriles is 1. The summed E-state index contributed by atoms with van der Waals surface area (Å²) in [6.07, 6.45) is 0.227. The van der Waals surface area contributed by atoms with Crippen LogP contribution in [-0.4, -0.2) is 4.98 Å². The van der Waals surface area contributed by atoms with Gasteiger partial charge in [0.05, 0.1) is 6.07 Å². The van der Waals surface area contributed by atoms with Crippen molar-refractivity contribution in [3.63, 3.8) is 0 Å². The van der Waals surface area contributed by atoms with Gasteiger partial charge in [-0.3, -0.25) is 0 Å². The second-order valence-electron chi connectivity index (χ2n) is 2.53. The van der Waals surface area contributed by atoms with Crippen LogP contribution >= 0.6 is 22.6 Å². The first-order chi connectivity index (χ1) is 6.31. The number of rotatable bonds is 1. The van der Waals surface area contributed by atoms with Gasteiger partial charge in [-0.05, 0) is 34.7 Å². The lowest BCUT2D eigenvalue weighted by Gasteiger charge is -1.87. The summed E-state index contributed by atoms with van der Waals surface area (Å²) in [6.45, 7) is 0. The van der Waals surface area contributed by atoms with Crippen molar-refractivity contribution in [2.75, 3.05) is 0 Å². The second kappa shape index (κ2) is 3.34. The highest BCUT2D eigenvalue weighted by molar-refractivity contribution is 14.1. The molecule has 0 radical (unpaired) electrons. The molecular weight excluding hydrogens is 279 g/mol. The van der Waals surface area contributed by atoms with E-state index in [1.807, 2.05) is 24.3 Å². The van der Waals surface area contributed by atoms with Crippen molar-refractivity contribution in [2.45, 2.75) is 6.42 Å². The van der Waals surface area contributed by atoms with E-state index in [2.05, 4.69) is 27.6 Å². The van der Waals surface area contributed by atoms with Gasteiger partial charge in [-0.2, -0.15) is 5.26 Å². The Bertz CT molecular complexity index is 484. The molecule has 0 aliphatic heterocycles. The molecule has 13 heavy (non-hydrogen) atoms. The lowest BCUT2D eigenvalue weighted by molar-refractivity contribution is 0.548. The molecule has 0 aliphatic carbocycles. The summed E-state index contributed by atoms with van der Waals surface area (Å²) < 4.78 is 6.40. The molecule has 0 spiro atoms. The number of fused-ring (bicyclic) bond motifs is 1. The van der Waals surface area contributed by atoms with Gasteiger partial charge in [0.25, 0.3) is 0 Å². The maximum absolute atomic E-state index is 8.46. The summed E-state index contributed by atoms with van der Waals surface area (Å²) in [4.78, 5) is 4.21. The molecule has 0 aliphatic rings. The molecule has 2 aromatic rings. The van der Waals surface area contributed by atoms with Crippen molar-refractivity contribution in [3.8, 4) is 6.07 Å². The number of hydrogen-bond donors (Lipinski definition) is 0. The fourth-order valence-corrected chi connectivity index (χ4v) is 1.70. The van der Waals surface area contributed by atoms with Gasteiger partial charge in [0.15, 0.2) is 5.58 Å². The van der Waals surface area contributed by atoms with Crippen LogP contribution < -0.4 is 0 Å². The van der Waals surface area contributed by atoms with Crippen molar-refractivity contribution in [1.82, 2.24) is 4.98 Å². The molecule has 3 nitrogen and oxygen atoms in total. The van der Waals surface area contributed by atoms with Gasteiger partial charge in [0, 0.05) is 3.57 Å². The first-order valence-electron chi connectivity index (χ1n) is 3.72. The summed E-state index contributed by atoms with van der Waals surface area (Å²) in [7, 11) is 0. The lowest BCUT2D eigenvalue weighted by Crippen LogP contribution is -1.79. The maximum Gasteiger partial charge on any atom is 0.209 e. The Balaban J connectivity index is 2.63. The Morgan fingerprint density at radius 1 is 1.54 bits per heavy atom. The van der Waals surface area contributed by atoms with Gasteiger partial charge in [-0.15, -0.1) is 0 Å². The van der Waals surface area contributed by atoms with Crippen LogP contribution in [0.2, 0.25) is 0 Å². The molecule has 0 unspecified atom stereocenters. The van der Waals surface area contributed by atoms with Gasteiger partial charge < -0.3 is 4.42 Å². The minimum atomic E-state index is 0.227. The van der Waals surface area contributed by atoms with Gasteiger partial charge in [-0.1, -0.05) is 6.07 Å². The van der Waals surface area contributed by atoms with Crippen LogP contribution in [0.1, 0.15) is 5.89 Å². The molecule has 1 heterocycles. The van der Waals surface area contributed by atoms with Crippen molar-refractivity contribution in [2.24, 2.45) is 0 Å². The Labute approximate surface area is 88.5 Å². The normalized spacial score (nSPS) is 10.2. The Morgan fingerprint density at radius 3 is 3.08 bits per heavy atom. The first kappa shape index (κ1) is 8.51. The van der Waals surface area contributed by atoms with Crippen LogP contribution in [0, 0.1) is 14.9 Å². The maximum atomic E-state index is 8.46. The van der Waals surface area contributed by atoms with E-state index in [9.17, 15) is 0 Å². The molecule has 1 aromatic heterocycles. The summed E-state index contributed by atoms with van der Waals surface area (Å²) in [5, 5.41) is 8.46. The number of para-hydroxylation sites is 1. The van der Waals surface area contributed by atoms with Crippen molar-refractivity contribution in [3.05, 3.63) is 27.7 Å². The number of aromatic nitrogens is 1. The largest absolute Gasteiger partial charge is 0.440 e. The predicted molar refractivity (Wildman–Crippen MR) is 56.0 cm³/mol. The smallest absolute Gasteiger partial charge is 0.209 e. The summed E-state index contributed by atoms with van der Waals surface area (Å²) >= 11 is 2.19. The van der Waals surface area contributed by atoms with Crippen LogP contribution in [0.25, 0.3) is 11.1 Å². The summed E-state index contributed by atoms with van der Waals surface area (Å²) in [6, 6.07) is 7.73. The van der Waals surface area contributed by atoms with Gasteiger partial charge >= 0.3 is 0 Å². The van der Waals surface area contributed by atoms with E-state index < -0.39 is 0 Å². The summed E-state index contributed by atoms with van der Waals surface area (Å²) in [5.41, 5.74) is 1.59. The zero-order valence-electron chi connectivity index (χ0n) is 6.62. The number of benzene rings is 1. The van der Waals surface area contributed by atoms with E-state index in [1.54, 1.807) is 0 Å². The second-order valence-corrected chi connectivity index (χ2v) is 3.69. The molecule has 0 N–H and O–H groups in total. The van der Waals surface area contributed by atoms with Gasteiger partial charge in [0.1, 0.15) is 11.9 Å². The zero-order chi connectivity index (χ0) is 9.26. The average molecular weight is 284 g/mol. The molecule has 64 valence electrons. The Morgan fingerprint density at radius 2 is 2.38 bits per heavy atom. The summed E-state index contributed by atoms with van der Waals surface area (Å²) in [5.74, 6) is 0.488. The monoisotopic (exact) mass is 284 g/mol. The van der Waals surface area contributed by atoms with E-state index in [-0.39, 0.29) is 6.42 Å². The highest BCUT2D eigenvalue weighted by Crippen LogP contribution is 2.20. The topological polar surface area (TPSA) is 49.8 Å². The van der Waals surface area contributed by atoms with Gasteiger partial charge in [-0.25, -0.2) is 4.98 Å². The minimum absolute atomic E-state index is 0.227. The first-order valence-corrected chi connectivity index (χ1v) is 4.80. The van der Waals surface area contributed by atoms with Crippen LogP contribution in [0.3, 0.4) is 0 Å². The highest BCUT2D eigenvalue weighted by Gasteiger charge is 2.06.